The van der Waals surface area contributed by atoms with Crippen LogP contribution in [0.4, 0.5) is 5.69 Å². The number of rotatable bonds is 15. The molecule has 0 saturated carbocycles. The van der Waals surface area contributed by atoms with E-state index >= 15 is 0 Å². The van der Waals surface area contributed by atoms with Gasteiger partial charge in [0.05, 0.1) is 56.8 Å². The van der Waals surface area contributed by atoms with E-state index in [4.69, 9.17) is 23.8 Å². The number of non-ortho nitro benzene ring substituents is 1. The van der Waals surface area contributed by atoms with Gasteiger partial charge in [-0.3, -0.25) is 19.9 Å². The normalized spacial score (nSPS) is 20.0. The number of methoxy groups -OCH3 is 2. The lowest BCUT2D eigenvalue weighted by Gasteiger charge is -2.44. The third-order valence-electron chi connectivity index (χ3n) is 8.05. The predicted molar refractivity (Wildman–Crippen MR) is 169 cm³/mol. The van der Waals surface area contributed by atoms with Gasteiger partial charge in [-0.25, -0.2) is 9.86 Å². The van der Waals surface area contributed by atoms with E-state index in [-0.39, 0.29) is 54.7 Å². The largest absolute Gasteiger partial charge is 0.459 e. The van der Waals surface area contributed by atoms with Crippen molar-refractivity contribution in [3.8, 4) is 0 Å². The number of carbonyl (C=O) groups is 1. The molecule has 0 amide bonds. The Morgan fingerprint density at radius 2 is 1.67 bits per heavy atom. The van der Waals surface area contributed by atoms with Gasteiger partial charge < -0.3 is 23.5 Å². The van der Waals surface area contributed by atoms with Crippen LogP contribution in [0.1, 0.15) is 37.8 Å². The van der Waals surface area contributed by atoms with Gasteiger partial charge >= 0.3 is 5.97 Å². The molecule has 2 aliphatic heterocycles. The van der Waals surface area contributed by atoms with Gasteiger partial charge in [-0.05, 0) is 32.3 Å². The summed E-state index contributed by atoms with van der Waals surface area (Å²) in [5, 5.41) is 13.5. The number of esters is 1. The second kappa shape index (κ2) is 16.3. The molecule has 2 atom stereocenters. The van der Waals surface area contributed by atoms with E-state index in [2.05, 4.69) is 17.0 Å². The van der Waals surface area contributed by atoms with E-state index in [0.717, 1.165) is 19.6 Å². The molecule has 244 valence electrons. The Morgan fingerprint density at radius 1 is 0.978 bits per heavy atom. The Hall–Kier alpha value is -3.38. The molecule has 2 aliphatic rings. The Bertz CT molecular complexity index is 1410. The van der Waals surface area contributed by atoms with Crippen molar-refractivity contribution in [3.63, 3.8) is 0 Å². The third kappa shape index (κ3) is 7.89. The first-order valence-electron chi connectivity index (χ1n) is 14.9. The first kappa shape index (κ1) is 34.5. The third-order valence-corrected chi connectivity index (χ3v) is 9.11. The number of nitro groups is 1. The van der Waals surface area contributed by atoms with Crippen LogP contribution in [0, 0.1) is 10.1 Å². The fourth-order valence-electron chi connectivity index (χ4n) is 5.86. The highest BCUT2D eigenvalue weighted by Gasteiger charge is 2.52. The van der Waals surface area contributed by atoms with E-state index in [0.29, 0.717) is 24.2 Å². The predicted octanol–water partition coefficient (Wildman–Crippen LogP) is 4.82. The smallest absolute Gasteiger partial charge is 0.339 e. The molecule has 2 aromatic carbocycles. The number of hydrogen-bond acceptors (Lipinski definition) is 11. The SMILES string of the molecule is COCCON1C(C)=C([PH2]=O)C(OCCOC)(c2cccc([N+](=O)[O-])c2)C(C(=O)OC2CCN(Cc3ccccc3)CC2)=C1C. The van der Waals surface area contributed by atoms with Crippen molar-refractivity contribution in [2.45, 2.75) is 44.9 Å². The molecule has 1 fully saturated rings. The molecule has 0 bridgehead atoms. The number of nitro benzene ring substituents is 1. The minimum absolute atomic E-state index is 0.00186. The molecule has 0 spiro atoms. The van der Waals surface area contributed by atoms with Gasteiger partial charge in [0.2, 0.25) is 0 Å². The van der Waals surface area contributed by atoms with Gasteiger partial charge in [0, 0.05) is 56.9 Å². The van der Waals surface area contributed by atoms with Crippen LogP contribution < -0.4 is 0 Å². The number of allylic oxidation sites excluding steroid dienone is 2. The maximum atomic E-state index is 14.4. The van der Waals surface area contributed by atoms with Gasteiger partial charge in [-0.2, -0.15) is 0 Å². The van der Waals surface area contributed by atoms with Crippen LogP contribution in [0.15, 0.2) is 76.9 Å². The lowest BCUT2D eigenvalue weighted by atomic mass is 9.80. The van der Waals surface area contributed by atoms with E-state index in [1.165, 1.54) is 35.9 Å². The van der Waals surface area contributed by atoms with Crippen LogP contribution >= 0.6 is 8.46 Å². The lowest BCUT2D eigenvalue weighted by molar-refractivity contribution is -0.385. The number of carbonyl (C=O) groups excluding carboxylic acids is 1. The van der Waals surface area contributed by atoms with Crippen LogP contribution in [-0.2, 0) is 45.3 Å². The van der Waals surface area contributed by atoms with Crippen LogP contribution in [0.2, 0.25) is 0 Å². The maximum absolute atomic E-state index is 14.4. The Kier molecular flexibility index (Phi) is 12.5. The number of nitrogens with zero attached hydrogens (tertiary/aromatic N) is 3. The molecule has 0 N–H and O–H groups in total. The summed E-state index contributed by atoms with van der Waals surface area (Å²) in [4.78, 5) is 34.0. The summed E-state index contributed by atoms with van der Waals surface area (Å²) in [5.41, 5.74) is 0.406. The highest BCUT2D eigenvalue weighted by Crippen LogP contribution is 2.53. The molecular formula is C32H42N3O9P. The zero-order valence-corrected chi connectivity index (χ0v) is 27.4. The average Bonchev–Trinajstić information content (AvgIpc) is 3.04. The summed E-state index contributed by atoms with van der Waals surface area (Å²) < 4.78 is 36.2. The number of benzene rings is 2. The molecule has 12 nitrogen and oxygen atoms in total. The quantitative estimate of drug-likeness (QED) is 0.0871. The number of piperidine rings is 1. The minimum Gasteiger partial charge on any atom is -0.459 e. The Balaban J connectivity index is 1.74. The molecule has 2 heterocycles. The second-order valence-electron chi connectivity index (χ2n) is 10.9. The van der Waals surface area contributed by atoms with Crippen molar-refractivity contribution >= 4 is 20.1 Å². The molecule has 0 radical (unpaired) electrons. The van der Waals surface area contributed by atoms with Gasteiger partial charge in [0.1, 0.15) is 6.10 Å². The van der Waals surface area contributed by atoms with E-state index < -0.39 is 25.0 Å². The van der Waals surface area contributed by atoms with Crippen molar-refractivity contribution in [1.82, 2.24) is 9.96 Å². The summed E-state index contributed by atoms with van der Waals surface area (Å²) in [6.07, 6.45) is 0.883. The fourth-order valence-corrected chi connectivity index (χ4v) is 6.71. The summed E-state index contributed by atoms with van der Waals surface area (Å²) in [5.74, 6) is -0.670. The average molecular weight is 644 g/mol. The van der Waals surface area contributed by atoms with E-state index in [1.807, 2.05) is 18.2 Å². The van der Waals surface area contributed by atoms with Crippen molar-refractivity contribution in [2.24, 2.45) is 0 Å². The molecule has 0 aliphatic carbocycles. The standard InChI is InChI=1S/C32H42N3O9P/c1-23-29(31(36)44-28-13-15-33(16-14-28)22-25-9-6-5-7-10-25)32(42-19-17-40-3,26-11-8-12-27(21-26)35(37)38)30(45-39)24(2)34(23)43-20-18-41-4/h5-12,21,28H,13-20,22,45H2,1-4H3. The molecule has 45 heavy (non-hydrogen) atoms. The van der Waals surface area contributed by atoms with Crippen molar-refractivity contribution in [3.05, 3.63) is 98.1 Å². The fraction of sp³-hybridized carbons (Fsp3) is 0.469. The molecule has 1 saturated heterocycles. The van der Waals surface area contributed by atoms with E-state index in [1.54, 1.807) is 27.0 Å². The highest BCUT2D eigenvalue weighted by molar-refractivity contribution is 7.29. The Morgan fingerprint density at radius 3 is 2.31 bits per heavy atom. The summed E-state index contributed by atoms with van der Waals surface area (Å²) in [6, 6.07) is 16.1. The molecular weight excluding hydrogens is 601 g/mol. The number of hydrogen-bond donors (Lipinski definition) is 0. The lowest BCUT2D eigenvalue weighted by Crippen LogP contribution is -2.46. The molecule has 0 aromatic heterocycles. The second-order valence-corrected chi connectivity index (χ2v) is 11.7. The zero-order chi connectivity index (χ0) is 32.4. The Labute approximate surface area is 264 Å². The first-order valence-corrected chi connectivity index (χ1v) is 16.0. The van der Waals surface area contributed by atoms with Crippen LogP contribution in [0.5, 0.6) is 0 Å². The summed E-state index contributed by atoms with van der Waals surface area (Å²) in [7, 11) is 1.35. The van der Waals surface area contributed by atoms with Crippen molar-refractivity contribution < 1.29 is 38.1 Å². The number of likely N-dealkylation sites (tertiary alicyclic amines) is 1. The van der Waals surface area contributed by atoms with Crippen LogP contribution in [-0.4, -0.2) is 80.7 Å². The van der Waals surface area contributed by atoms with Crippen molar-refractivity contribution in [2.75, 3.05) is 53.7 Å². The first-order chi connectivity index (χ1) is 21.8. The minimum atomic E-state index is -1.75. The van der Waals surface area contributed by atoms with Gasteiger partial charge in [-0.15, -0.1) is 0 Å². The molecule has 2 unspecified atom stereocenters. The maximum Gasteiger partial charge on any atom is 0.339 e. The summed E-state index contributed by atoms with van der Waals surface area (Å²) >= 11 is 0. The topological polar surface area (TPSA) is 130 Å². The van der Waals surface area contributed by atoms with Crippen LogP contribution in [0.3, 0.4) is 0 Å². The highest BCUT2D eigenvalue weighted by atomic mass is 31.1. The number of hydroxylamine groups is 2. The molecule has 2 aromatic rings. The van der Waals surface area contributed by atoms with Crippen LogP contribution in [0.25, 0.3) is 0 Å². The van der Waals surface area contributed by atoms with Gasteiger partial charge in [0.25, 0.3) is 5.69 Å². The zero-order valence-electron chi connectivity index (χ0n) is 26.2. The molecule has 13 heteroatoms. The van der Waals surface area contributed by atoms with Gasteiger partial charge in [-0.1, -0.05) is 42.5 Å². The monoisotopic (exact) mass is 643 g/mol. The van der Waals surface area contributed by atoms with Crippen molar-refractivity contribution in [1.29, 1.82) is 0 Å². The molecule has 4 rings (SSSR count). The summed E-state index contributed by atoms with van der Waals surface area (Å²) in [6.45, 7) is 6.29. The van der Waals surface area contributed by atoms with E-state index in [9.17, 15) is 19.5 Å². The van der Waals surface area contributed by atoms with Gasteiger partial charge in [0.15, 0.2) is 5.60 Å². The number of ether oxygens (including phenoxy) is 4.